The second-order valence-electron chi connectivity index (χ2n) is 6.36. The minimum absolute atomic E-state index is 0.0765. The van der Waals surface area contributed by atoms with E-state index in [-0.39, 0.29) is 10.7 Å². The van der Waals surface area contributed by atoms with Gasteiger partial charge in [-0.3, -0.25) is 10.1 Å². The van der Waals surface area contributed by atoms with E-state index in [0.717, 1.165) is 10.2 Å². The molecular weight excluding hydrogens is 494 g/mol. The molecule has 0 atom stereocenters. The Hall–Kier alpha value is -2.20. The van der Waals surface area contributed by atoms with Gasteiger partial charge < -0.3 is 19.7 Å². The van der Waals surface area contributed by atoms with Gasteiger partial charge in [0.05, 0.1) is 47.8 Å². The first-order valence-electron chi connectivity index (χ1n) is 9.01. The first-order chi connectivity index (χ1) is 14.4. The van der Waals surface area contributed by atoms with E-state index in [0.29, 0.717) is 42.6 Å². The number of benzene rings is 2. The standard InChI is InChI=1S/C20H19BrClN3O4S/c1-28-19(27)12-2-5-17(25-6-8-29-9-7-25)16(10-12)23-20(30)24-18(26)14-11-13(21)3-4-15(14)22/h2-5,10-11H,6-9H2,1H3,(H2,23,24,26,30). The third-order valence-corrected chi connectivity index (χ3v) is 5.44. The van der Waals surface area contributed by atoms with Crippen molar-refractivity contribution < 1.29 is 19.1 Å². The average Bonchev–Trinajstić information content (AvgIpc) is 2.75. The van der Waals surface area contributed by atoms with Crippen LogP contribution < -0.4 is 15.5 Å². The summed E-state index contributed by atoms with van der Waals surface area (Å²) in [5.41, 5.74) is 2.06. The highest BCUT2D eigenvalue weighted by Crippen LogP contribution is 2.28. The van der Waals surface area contributed by atoms with Crippen molar-refractivity contribution in [2.45, 2.75) is 0 Å². The van der Waals surface area contributed by atoms with Crippen LogP contribution in [-0.2, 0) is 9.47 Å². The van der Waals surface area contributed by atoms with Crippen molar-refractivity contribution >= 4 is 68.1 Å². The Labute approximate surface area is 192 Å². The summed E-state index contributed by atoms with van der Waals surface area (Å²) in [6.45, 7) is 2.58. The molecule has 0 spiro atoms. The van der Waals surface area contributed by atoms with Crippen molar-refractivity contribution in [3.8, 4) is 0 Å². The van der Waals surface area contributed by atoms with Crippen LogP contribution in [0.4, 0.5) is 11.4 Å². The summed E-state index contributed by atoms with van der Waals surface area (Å²) in [5.74, 6) is -0.918. The molecule has 0 unspecified atom stereocenters. The minimum Gasteiger partial charge on any atom is -0.465 e. The third kappa shape index (κ3) is 5.48. The van der Waals surface area contributed by atoms with Crippen molar-refractivity contribution in [3.63, 3.8) is 0 Å². The van der Waals surface area contributed by atoms with Gasteiger partial charge in [0.2, 0.25) is 0 Å². The quantitative estimate of drug-likeness (QED) is 0.476. The number of amides is 1. The fourth-order valence-electron chi connectivity index (χ4n) is 2.96. The van der Waals surface area contributed by atoms with Crippen LogP contribution in [0.5, 0.6) is 0 Å². The number of rotatable bonds is 4. The lowest BCUT2D eigenvalue weighted by molar-refractivity contribution is 0.0600. The smallest absolute Gasteiger partial charge is 0.337 e. The molecule has 2 N–H and O–H groups in total. The van der Waals surface area contributed by atoms with E-state index < -0.39 is 11.9 Å². The molecule has 0 radical (unpaired) electrons. The van der Waals surface area contributed by atoms with Crippen molar-refractivity contribution in [2.24, 2.45) is 0 Å². The number of morpholine rings is 1. The molecule has 10 heteroatoms. The van der Waals surface area contributed by atoms with E-state index >= 15 is 0 Å². The molecule has 3 rings (SSSR count). The Bertz CT molecular complexity index is 983. The van der Waals surface area contributed by atoms with E-state index in [2.05, 4.69) is 31.5 Å². The first kappa shape index (κ1) is 22.5. The number of nitrogens with one attached hydrogen (secondary N) is 2. The number of hydrogen-bond donors (Lipinski definition) is 2. The summed E-state index contributed by atoms with van der Waals surface area (Å²) in [7, 11) is 1.32. The van der Waals surface area contributed by atoms with Gasteiger partial charge in [-0.05, 0) is 48.6 Å². The summed E-state index contributed by atoms with van der Waals surface area (Å²) in [6, 6.07) is 10.1. The summed E-state index contributed by atoms with van der Waals surface area (Å²) in [6.07, 6.45) is 0. The number of esters is 1. The lowest BCUT2D eigenvalue weighted by atomic mass is 10.1. The molecule has 1 aliphatic heterocycles. The fourth-order valence-corrected chi connectivity index (χ4v) is 3.72. The van der Waals surface area contributed by atoms with Crippen LogP contribution in [0.3, 0.4) is 0 Å². The molecule has 2 aromatic carbocycles. The molecule has 0 aliphatic carbocycles. The van der Waals surface area contributed by atoms with Gasteiger partial charge in [-0.2, -0.15) is 0 Å². The van der Waals surface area contributed by atoms with Crippen molar-refractivity contribution in [3.05, 3.63) is 57.0 Å². The largest absolute Gasteiger partial charge is 0.465 e. The lowest BCUT2D eigenvalue weighted by Gasteiger charge is -2.31. The fraction of sp³-hybridized carbons (Fsp3) is 0.250. The second kappa shape index (κ2) is 10.2. The molecule has 1 fully saturated rings. The highest BCUT2D eigenvalue weighted by Gasteiger charge is 2.19. The van der Waals surface area contributed by atoms with Gasteiger partial charge in [-0.1, -0.05) is 27.5 Å². The molecule has 1 amide bonds. The number of halogens is 2. The number of ether oxygens (including phenoxy) is 2. The highest BCUT2D eigenvalue weighted by molar-refractivity contribution is 9.10. The van der Waals surface area contributed by atoms with Crippen LogP contribution in [-0.4, -0.2) is 50.4 Å². The molecule has 7 nitrogen and oxygen atoms in total. The van der Waals surface area contributed by atoms with E-state index in [9.17, 15) is 9.59 Å². The SMILES string of the molecule is COC(=O)c1ccc(N2CCOCC2)c(NC(=S)NC(=O)c2cc(Br)ccc2Cl)c1. The van der Waals surface area contributed by atoms with Crippen LogP contribution in [0, 0.1) is 0 Å². The Kier molecular flexibility index (Phi) is 7.65. The summed E-state index contributed by atoms with van der Waals surface area (Å²) < 4.78 is 10.9. The summed E-state index contributed by atoms with van der Waals surface area (Å²) >= 11 is 14.8. The molecule has 0 aromatic heterocycles. The number of carbonyl (C=O) groups excluding carboxylic acids is 2. The van der Waals surface area contributed by atoms with Crippen LogP contribution in [0.25, 0.3) is 0 Å². The second-order valence-corrected chi connectivity index (χ2v) is 8.09. The van der Waals surface area contributed by atoms with Crippen LogP contribution in [0.15, 0.2) is 40.9 Å². The van der Waals surface area contributed by atoms with Crippen molar-refractivity contribution in [2.75, 3.05) is 43.6 Å². The van der Waals surface area contributed by atoms with E-state index in [1.54, 1.807) is 30.3 Å². The molecule has 1 aliphatic rings. The zero-order chi connectivity index (χ0) is 21.7. The van der Waals surface area contributed by atoms with Gasteiger partial charge in [-0.15, -0.1) is 0 Å². The predicted octanol–water partition coefficient (Wildman–Crippen LogP) is 3.85. The number of carbonyl (C=O) groups is 2. The molecule has 1 heterocycles. The van der Waals surface area contributed by atoms with E-state index in [1.165, 1.54) is 7.11 Å². The molecule has 0 saturated carbocycles. The highest BCUT2D eigenvalue weighted by atomic mass is 79.9. The van der Waals surface area contributed by atoms with Crippen LogP contribution >= 0.6 is 39.7 Å². The molecule has 0 bridgehead atoms. The Balaban J connectivity index is 1.82. The van der Waals surface area contributed by atoms with Crippen molar-refractivity contribution in [1.29, 1.82) is 0 Å². The predicted molar refractivity (Wildman–Crippen MR) is 124 cm³/mol. The van der Waals surface area contributed by atoms with Crippen LogP contribution in [0.1, 0.15) is 20.7 Å². The molecule has 158 valence electrons. The van der Waals surface area contributed by atoms with E-state index in [1.807, 2.05) is 6.07 Å². The van der Waals surface area contributed by atoms with Gasteiger partial charge in [0.1, 0.15) is 0 Å². The van der Waals surface area contributed by atoms with Gasteiger partial charge in [0.15, 0.2) is 5.11 Å². The van der Waals surface area contributed by atoms with Gasteiger partial charge in [0, 0.05) is 17.6 Å². The molecule has 1 saturated heterocycles. The maximum absolute atomic E-state index is 12.6. The molecule has 2 aromatic rings. The monoisotopic (exact) mass is 511 g/mol. The van der Waals surface area contributed by atoms with E-state index in [4.69, 9.17) is 33.3 Å². The summed E-state index contributed by atoms with van der Waals surface area (Å²) in [5, 5.41) is 6.02. The molecule has 30 heavy (non-hydrogen) atoms. The lowest BCUT2D eigenvalue weighted by Crippen LogP contribution is -2.38. The van der Waals surface area contributed by atoms with Gasteiger partial charge in [0.25, 0.3) is 5.91 Å². The summed E-state index contributed by atoms with van der Waals surface area (Å²) in [4.78, 5) is 26.7. The maximum Gasteiger partial charge on any atom is 0.337 e. The number of hydrogen-bond acceptors (Lipinski definition) is 6. The number of anilines is 2. The Morgan fingerprint density at radius 1 is 1.20 bits per heavy atom. The third-order valence-electron chi connectivity index (χ3n) is 4.42. The van der Waals surface area contributed by atoms with Crippen molar-refractivity contribution in [1.82, 2.24) is 5.32 Å². The van der Waals surface area contributed by atoms with Gasteiger partial charge in [-0.25, -0.2) is 4.79 Å². The first-order valence-corrected chi connectivity index (χ1v) is 10.6. The normalized spacial score (nSPS) is 13.5. The molecular formula is C20H19BrClN3O4S. The maximum atomic E-state index is 12.6. The average molecular weight is 513 g/mol. The minimum atomic E-state index is -0.470. The Morgan fingerprint density at radius 2 is 1.93 bits per heavy atom. The zero-order valence-electron chi connectivity index (χ0n) is 16.0. The number of thiocarbonyl (C=S) groups is 1. The topological polar surface area (TPSA) is 79.9 Å². The number of nitrogens with zero attached hydrogens (tertiary/aromatic N) is 1. The van der Waals surface area contributed by atoms with Gasteiger partial charge >= 0.3 is 5.97 Å². The zero-order valence-corrected chi connectivity index (χ0v) is 19.2. The van der Waals surface area contributed by atoms with Crippen LogP contribution in [0.2, 0.25) is 5.02 Å². The Morgan fingerprint density at radius 3 is 2.63 bits per heavy atom. The number of methoxy groups -OCH3 is 1.